The Labute approximate surface area is 111 Å². The van der Waals surface area contributed by atoms with Crippen LogP contribution in [0.4, 0.5) is 11.6 Å². The molecule has 1 heterocycles. The maximum atomic E-state index is 6.00. The molecule has 17 heavy (non-hydrogen) atoms. The van der Waals surface area contributed by atoms with E-state index in [1.807, 2.05) is 20.8 Å². The monoisotopic (exact) mass is 277 g/mol. The molecule has 0 spiro atoms. The minimum absolute atomic E-state index is 0.257. The zero-order valence-corrected chi connectivity index (χ0v) is 11.7. The molecular weight excluding hydrogens is 261 g/mol. The van der Waals surface area contributed by atoms with Crippen LogP contribution in [-0.2, 0) is 4.74 Å². The topological polar surface area (TPSA) is 60.2 Å². The largest absolute Gasteiger partial charge is 0.382 e. The third kappa shape index (κ3) is 4.22. The van der Waals surface area contributed by atoms with Gasteiger partial charge in [0.2, 0.25) is 0 Å². The number of nitrogen functional groups attached to an aromatic ring is 1. The minimum Gasteiger partial charge on any atom is -0.382 e. The predicted molar refractivity (Wildman–Crippen MR) is 72.9 cm³/mol. The van der Waals surface area contributed by atoms with Crippen molar-refractivity contribution in [3.63, 3.8) is 0 Å². The average molecular weight is 278 g/mol. The van der Waals surface area contributed by atoms with E-state index in [1.165, 1.54) is 0 Å². The Morgan fingerprint density at radius 1 is 1.41 bits per heavy atom. The van der Waals surface area contributed by atoms with Crippen molar-refractivity contribution in [3.8, 4) is 0 Å². The number of anilines is 2. The fourth-order valence-corrected chi connectivity index (χ4v) is 1.77. The molecule has 0 fully saturated rings. The van der Waals surface area contributed by atoms with Gasteiger partial charge in [-0.2, -0.15) is 0 Å². The van der Waals surface area contributed by atoms with Crippen molar-refractivity contribution in [3.05, 3.63) is 16.1 Å². The Morgan fingerprint density at radius 2 is 2.06 bits per heavy atom. The van der Waals surface area contributed by atoms with E-state index in [1.54, 1.807) is 6.07 Å². The summed E-state index contributed by atoms with van der Waals surface area (Å²) in [6.07, 6.45) is 0. The standard InChI is InChI=1S/C11H17Cl2N3O/c1-4-17-11(2,3)6-15-10-8(13)5-7(12)9(14)16-10/h5H,4,6H2,1-3H3,(H3,14,15,16). The number of nitrogens with zero attached hydrogens (tertiary/aromatic N) is 1. The summed E-state index contributed by atoms with van der Waals surface area (Å²) in [4.78, 5) is 4.08. The van der Waals surface area contributed by atoms with Gasteiger partial charge in [-0.05, 0) is 26.8 Å². The van der Waals surface area contributed by atoms with Gasteiger partial charge in [-0.15, -0.1) is 0 Å². The first-order valence-electron chi connectivity index (χ1n) is 5.35. The predicted octanol–water partition coefficient (Wildman–Crippen LogP) is 3.20. The van der Waals surface area contributed by atoms with Crippen molar-refractivity contribution in [2.45, 2.75) is 26.4 Å². The molecule has 1 aromatic heterocycles. The SMILES string of the molecule is CCOC(C)(C)CNc1nc(N)c(Cl)cc1Cl. The number of ether oxygens (including phenoxy) is 1. The molecule has 0 saturated carbocycles. The molecule has 0 unspecified atom stereocenters. The van der Waals surface area contributed by atoms with Gasteiger partial charge in [0.1, 0.15) is 11.6 Å². The van der Waals surface area contributed by atoms with E-state index in [-0.39, 0.29) is 11.4 Å². The second-order valence-electron chi connectivity index (χ2n) is 4.23. The van der Waals surface area contributed by atoms with E-state index in [2.05, 4.69) is 10.3 Å². The summed E-state index contributed by atoms with van der Waals surface area (Å²) >= 11 is 11.8. The molecular formula is C11H17Cl2N3O. The second kappa shape index (κ2) is 5.76. The van der Waals surface area contributed by atoms with Gasteiger partial charge in [-0.3, -0.25) is 0 Å². The lowest BCUT2D eigenvalue weighted by Crippen LogP contribution is -2.33. The van der Waals surface area contributed by atoms with Crippen molar-refractivity contribution < 1.29 is 4.74 Å². The van der Waals surface area contributed by atoms with Gasteiger partial charge in [0.15, 0.2) is 0 Å². The van der Waals surface area contributed by atoms with Crippen LogP contribution < -0.4 is 11.1 Å². The maximum absolute atomic E-state index is 6.00. The van der Waals surface area contributed by atoms with Crippen molar-refractivity contribution in [2.75, 3.05) is 24.2 Å². The Bertz CT molecular complexity index is 397. The quantitative estimate of drug-likeness (QED) is 0.868. The Balaban J connectivity index is 2.73. The van der Waals surface area contributed by atoms with Gasteiger partial charge in [-0.1, -0.05) is 23.2 Å². The third-order valence-corrected chi connectivity index (χ3v) is 2.76. The molecule has 6 heteroatoms. The first kappa shape index (κ1) is 14.4. The Morgan fingerprint density at radius 3 is 2.65 bits per heavy atom. The van der Waals surface area contributed by atoms with E-state index in [4.69, 9.17) is 33.7 Å². The van der Waals surface area contributed by atoms with E-state index < -0.39 is 0 Å². The summed E-state index contributed by atoms with van der Waals surface area (Å²) in [5, 5.41) is 3.89. The highest BCUT2D eigenvalue weighted by Crippen LogP contribution is 2.27. The summed E-state index contributed by atoms with van der Waals surface area (Å²) in [5.41, 5.74) is 5.32. The van der Waals surface area contributed by atoms with E-state index in [0.29, 0.717) is 29.0 Å². The van der Waals surface area contributed by atoms with Crippen LogP contribution in [0.1, 0.15) is 20.8 Å². The zero-order chi connectivity index (χ0) is 13.1. The molecule has 96 valence electrons. The fraction of sp³-hybridized carbons (Fsp3) is 0.545. The van der Waals surface area contributed by atoms with Crippen molar-refractivity contribution in [1.82, 2.24) is 4.98 Å². The van der Waals surface area contributed by atoms with Crippen LogP contribution in [0.15, 0.2) is 6.07 Å². The molecule has 0 saturated heterocycles. The summed E-state index contributed by atoms with van der Waals surface area (Å²) in [5.74, 6) is 0.772. The summed E-state index contributed by atoms with van der Waals surface area (Å²) in [7, 11) is 0. The maximum Gasteiger partial charge on any atom is 0.147 e. The average Bonchev–Trinajstić information content (AvgIpc) is 2.21. The van der Waals surface area contributed by atoms with E-state index in [9.17, 15) is 0 Å². The molecule has 1 aromatic rings. The van der Waals surface area contributed by atoms with Crippen LogP contribution in [-0.4, -0.2) is 23.7 Å². The van der Waals surface area contributed by atoms with E-state index in [0.717, 1.165) is 0 Å². The smallest absolute Gasteiger partial charge is 0.147 e. The molecule has 4 nitrogen and oxygen atoms in total. The highest BCUT2D eigenvalue weighted by atomic mass is 35.5. The number of aromatic nitrogens is 1. The normalized spacial score (nSPS) is 11.6. The Hall–Kier alpha value is -0.710. The molecule has 1 rings (SSSR count). The van der Waals surface area contributed by atoms with Crippen molar-refractivity contribution in [2.24, 2.45) is 0 Å². The van der Waals surface area contributed by atoms with Gasteiger partial charge in [0.05, 0.1) is 15.6 Å². The van der Waals surface area contributed by atoms with Crippen LogP contribution in [0.25, 0.3) is 0 Å². The Kier molecular flexibility index (Phi) is 4.86. The van der Waals surface area contributed by atoms with Gasteiger partial charge in [0.25, 0.3) is 0 Å². The molecule has 0 aliphatic heterocycles. The lowest BCUT2D eigenvalue weighted by atomic mass is 10.1. The molecule has 0 bridgehead atoms. The van der Waals surface area contributed by atoms with Crippen LogP contribution in [0, 0.1) is 0 Å². The van der Waals surface area contributed by atoms with Crippen LogP contribution in [0.5, 0.6) is 0 Å². The molecule has 3 N–H and O–H groups in total. The number of rotatable bonds is 5. The van der Waals surface area contributed by atoms with Gasteiger partial charge < -0.3 is 15.8 Å². The van der Waals surface area contributed by atoms with Crippen LogP contribution in [0.3, 0.4) is 0 Å². The lowest BCUT2D eigenvalue weighted by Gasteiger charge is -2.25. The molecule has 0 aromatic carbocycles. The molecule has 0 aliphatic carbocycles. The van der Waals surface area contributed by atoms with Crippen molar-refractivity contribution in [1.29, 1.82) is 0 Å². The molecule has 0 atom stereocenters. The van der Waals surface area contributed by atoms with Gasteiger partial charge in [0, 0.05) is 13.2 Å². The molecule has 0 radical (unpaired) electrons. The highest BCUT2D eigenvalue weighted by Gasteiger charge is 2.18. The highest BCUT2D eigenvalue weighted by molar-refractivity contribution is 6.37. The number of hydrogen-bond donors (Lipinski definition) is 2. The minimum atomic E-state index is -0.297. The number of hydrogen-bond acceptors (Lipinski definition) is 4. The number of nitrogens with one attached hydrogen (secondary N) is 1. The third-order valence-electron chi connectivity index (χ3n) is 2.17. The zero-order valence-electron chi connectivity index (χ0n) is 10.2. The fourth-order valence-electron chi connectivity index (χ4n) is 1.34. The van der Waals surface area contributed by atoms with Gasteiger partial charge >= 0.3 is 0 Å². The van der Waals surface area contributed by atoms with Crippen molar-refractivity contribution >= 4 is 34.8 Å². The summed E-state index contributed by atoms with van der Waals surface area (Å²) in [6, 6.07) is 1.57. The van der Waals surface area contributed by atoms with E-state index >= 15 is 0 Å². The molecule has 0 aliphatic rings. The number of nitrogens with two attached hydrogens (primary N) is 1. The molecule has 0 amide bonds. The van der Waals surface area contributed by atoms with Crippen LogP contribution in [0.2, 0.25) is 10.0 Å². The summed E-state index contributed by atoms with van der Waals surface area (Å²) < 4.78 is 5.55. The van der Waals surface area contributed by atoms with Gasteiger partial charge in [-0.25, -0.2) is 4.98 Å². The summed E-state index contributed by atoms with van der Waals surface area (Å²) in [6.45, 7) is 7.15. The lowest BCUT2D eigenvalue weighted by molar-refractivity contribution is 0.000646. The number of halogens is 2. The van der Waals surface area contributed by atoms with Crippen LogP contribution >= 0.6 is 23.2 Å². The first-order chi connectivity index (χ1) is 7.85. The number of pyridine rings is 1. The first-order valence-corrected chi connectivity index (χ1v) is 6.10. The second-order valence-corrected chi connectivity index (χ2v) is 5.05.